The van der Waals surface area contributed by atoms with Gasteiger partial charge in [0.05, 0.1) is 12.2 Å². The lowest BCUT2D eigenvalue weighted by molar-refractivity contribution is 0.338. The summed E-state index contributed by atoms with van der Waals surface area (Å²) in [5.74, 6) is 0. The van der Waals surface area contributed by atoms with Gasteiger partial charge in [0.15, 0.2) is 0 Å². The van der Waals surface area contributed by atoms with Crippen LogP contribution in [0, 0.1) is 13.8 Å². The smallest absolute Gasteiger partial charge is 0.0571 e. The number of piperidine rings is 1. The third-order valence-electron chi connectivity index (χ3n) is 4.17. The minimum Gasteiger partial charge on any atom is -0.317 e. The number of hydrogen-bond donors (Lipinski definition) is 1. The fourth-order valence-corrected chi connectivity index (χ4v) is 3.19. The predicted molar refractivity (Wildman–Crippen MR) is 86.0 cm³/mol. The first-order chi connectivity index (χ1) is 9.66. The average Bonchev–Trinajstić information content (AvgIpc) is 2.85. The zero-order chi connectivity index (χ0) is 14.1. The van der Waals surface area contributed by atoms with Crippen LogP contribution in [0.15, 0.2) is 28.9 Å². The molecular formula is C16H20BrN3. The maximum Gasteiger partial charge on any atom is 0.0571 e. The Hall–Kier alpha value is -1.13. The Morgan fingerprint density at radius 2 is 2.00 bits per heavy atom. The first kappa shape index (κ1) is 13.8. The van der Waals surface area contributed by atoms with Gasteiger partial charge in [-0.3, -0.25) is 4.68 Å². The molecule has 0 unspecified atom stereocenters. The average molecular weight is 334 g/mol. The van der Waals surface area contributed by atoms with Crippen molar-refractivity contribution in [2.45, 2.75) is 32.7 Å². The summed E-state index contributed by atoms with van der Waals surface area (Å²) in [4.78, 5) is 0. The zero-order valence-electron chi connectivity index (χ0n) is 12.0. The molecule has 1 N–H and O–H groups in total. The first-order valence-corrected chi connectivity index (χ1v) is 7.97. The lowest BCUT2D eigenvalue weighted by Gasteiger charge is -2.24. The predicted octanol–water partition coefficient (Wildman–Crippen LogP) is 3.85. The minimum atomic E-state index is 0.543. The second kappa shape index (κ2) is 5.70. The Morgan fingerprint density at radius 1 is 1.25 bits per heavy atom. The van der Waals surface area contributed by atoms with Gasteiger partial charge in [0.1, 0.15) is 0 Å². The molecule has 0 aliphatic carbocycles. The third-order valence-corrected chi connectivity index (χ3v) is 5.06. The van der Waals surface area contributed by atoms with Gasteiger partial charge in [0.25, 0.3) is 0 Å². The van der Waals surface area contributed by atoms with Gasteiger partial charge in [0.2, 0.25) is 0 Å². The van der Waals surface area contributed by atoms with Crippen LogP contribution in [-0.2, 0) is 0 Å². The Bertz CT molecular complexity index is 612. The van der Waals surface area contributed by atoms with Crippen molar-refractivity contribution in [2.75, 3.05) is 13.1 Å². The summed E-state index contributed by atoms with van der Waals surface area (Å²) in [6, 6.07) is 7.04. The Balaban J connectivity index is 1.94. The maximum atomic E-state index is 4.65. The summed E-state index contributed by atoms with van der Waals surface area (Å²) in [7, 11) is 0. The highest BCUT2D eigenvalue weighted by Crippen LogP contribution is 2.30. The molecule has 0 radical (unpaired) electrons. The molecule has 3 rings (SSSR count). The molecule has 20 heavy (non-hydrogen) atoms. The van der Waals surface area contributed by atoms with E-state index >= 15 is 0 Å². The van der Waals surface area contributed by atoms with Crippen molar-refractivity contribution in [2.24, 2.45) is 0 Å². The summed E-state index contributed by atoms with van der Waals surface area (Å²) >= 11 is 3.56. The molecule has 1 aliphatic rings. The minimum absolute atomic E-state index is 0.543. The monoisotopic (exact) mass is 333 g/mol. The van der Waals surface area contributed by atoms with Crippen LogP contribution in [0.3, 0.4) is 0 Å². The van der Waals surface area contributed by atoms with Crippen LogP contribution in [0.1, 0.15) is 30.1 Å². The maximum absolute atomic E-state index is 4.65. The van der Waals surface area contributed by atoms with Gasteiger partial charge in [-0.15, -0.1) is 0 Å². The number of aryl methyl sites for hydroxylation is 1. The molecular weight excluding hydrogens is 314 g/mol. The van der Waals surface area contributed by atoms with E-state index in [1.54, 1.807) is 0 Å². The fourth-order valence-electron chi connectivity index (χ4n) is 2.94. The van der Waals surface area contributed by atoms with E-state index in [1.165, 1.54) is 35.2 Å². The van der Waals surface area contributed by atoms with Crippen LogP contribution in [0.2, 0.25) is 0 Å². The van der Waals surface area contributed by atoms with Crippen LogP contribution < -0.4 is 5.32 Å². The van der Waals surface area contributed by atoms with Crippen LogP contribution >= 0.6 is 15.9 Å². The second-order valence-electron chi connectivity index (χ2n) is 5.53. The first-order valence-electron chi connectivity index (χ1n) is 7.18. The number of nitrogens with one attached hydrogen (secondary N) is 1. The number of halogens is 1. The molecule has 1 saturated heterocycles. The van der Waals surface area contributed by atoms with Crippen molar-refractivity contribution < 1.29 is 0 Å². The lowest BCUT2D eigenvalue weighted by atomic mass is 10.0. The second-order valence-corrected chi connectivity index (χ2v) is 6.39. The molecule has 1 aromatic heterocycles. The molecule has 0 atom stereocenters. The van der Waals surface area contributed by atoms with Gasteiger partial charge in [-0.25, -0.2) is 0 Å². The van der Waals surface area contributed by atoms with E-state index in [9.17, 15) is 0 Å². The quantitative estimate of drug-likeness (QED) is 0.904. The molecule has 0 amide bonds. The van der Waals surface area contributed by atoms with Crippen molar-refractivity contribution in [3.05, 3.63) is 40.1 Å². The highest BCUT2D eigenvalue weighted by molar-refractivity contribution is 9.10. The van der Waals surface area contributed by atoms with E-state index in [0.717, 1.165) is 17.6 Å². The van der Waals surface area contributed by atoms with Crippen molar-refractivity contribution in [3.63, 3.8) is 0 Å². The largest absolute Gasteiger partial charge is 0.317 e. The molecule has 0 saturated carbocycles. The topological polar surface area (TPSA) is 29.9 Å². The van der Waals surface area contributed by atoms with E-state index in [1.807, 2.05) is 6.20 Å². The number of rotatable bonds is 2. The van der Waals surface area contributed by atoms with Crippen LogP contribution in [-0.4, -0.2) is 22.9 Å². The third kappa shape index (κ3) is 2.54. The molecule has 0 bridgehead atoms. The Morgan fingerprint density at radius 3 is 2.70 bits per heavy atom. The molecule has 1 fully saturated rings. The van der Waals surface area contributed by atoms with Gasteiger partial charge in [-0.05, 0) is 57.0 Å². The van der Waals surface area contributed by atoms with Crippen molar-refractivity contribution in [1.29, 1.82) is 0 Å². The van der Waals surface area contributed by atoms with E-state index in [-0.39, 0.29) is 0 Å². The number of aromatic nitrogens is 2. The molecule has 2 heterocycles. The molecule has 1 aliphatic heterocycles. The lowest BCUT2D eigenvalue weighted by Crippen LogP contribution is -2.30. The Kier molecular flexibility index (Phi) is 3.94. The normalized spacial score (nSPS) is 16.6. The van der Waals surface area contributed by atoms with E-state index in [0.29, 0.717) is 6.04 Å². The Labute approximate surface area is 128 Å². The zero-order valence-corrected chi connectivity index (χ0v) is 13.6. The highest BCUT2D eigenvalue weighted by Gasteiger charge is 2.19. The number of hydrogen-bond acceptors (Lipinski definition) is 2. The summed E-state index contributed by atoms with van der Waals surface area (Å²) in [6.07, 6.45) is 4.35. The van der Waals surface area contributed by atoms with E-state index in [2.05, 4.69) is 63.1 Å². The van der Waals surface area contributed by atoms with Crippen LogP contribution in [0.4, 0.5) is 0 Å². The van der Waals surface area contributed by atoms with Crippen LogP contribution in [0.5, 0.6) is 0 Å². The molecule has 2 aromatic rings. The van der Waals surface area contributed by atoms with Crippen molar-refractivity contribution in [3.8, 4) is 11.1 Å². The summed E-state index contributed by atoms with van der Waals surface area (Å²) in [6.45, 7) is 6.50. The summed E-state index contributed by atoms with van der Waals surface area (Å²) < 4.78 is 3.37. The van der Waals surface area contributed by atoms with Crippen molar-refractivity contribution >= 4 is 15.9 Å². The van der Waals surface area contributed by atoms with Crippen LogP contribution in [0.25, 0.3) is 11.1 Å². The van der Waals surface area contributed by atoms with Gasteiger partial charge in [0, 0.05) is 15.7 Å². The van der Waals surface area contributed by atoms with Gasteiger partial charge in [-0.2, -0.15) is 5.10 Å². The van der Waals surface area contributed by atoms with Gasteiger partial charge < -0.3 is 5.32 Å². The fraction of sp³-hybridized carbons (Fsp3) is 0.438. The number of nitrogens with zero attached hydrogens (tertiary/aromatic N) is 2. The molecule has 3 nitrogen and oxygen atoms in total. The molecule has 0 spiro atoms. The SMILES string of the molecule is Cc1cc(-c2cnn(C3CCNCC3)c2C)ccc1Br. The summed E-state index contributed by atoms with van der Waals surface area (Å²) in [5.41, 5.74) is 5.04. The molecule has 4 heteroatoms. The number of benzene rings is 1. The van der Waals surface area contributed by atoms with Gasteiger partial charge >= 0.3 is 0 Å². The standard InChI is InChI=1S/C16H20BrN3/c1-11-9-13(3-4-16(11)17)15-10-19-20(12(15)2)14-5-7-18-8-6-14/h3-4,9-10,14,18H,5-8H2,1-2H3. The molecule has 106 valence electrons. The summed E-state index contributed by atoms with van der Waals surface area (Å²) in [5, 5.41) is 8.05. The molecule has 1 aromatic carbocycles. The van der Waals surface area contributed by atoms with E-state index < -0.39 is 0 Å². The van der Waals surface area contributed by atoms with E-state index in [4.69, 9.17) is 0 Å². The van der Waals surface area contributed by atoms with Crippen molar-refractivity contribution in [1.82, 2.24) is 15.1 Å². The van der Waals surface area contributed by atoms with Gasteiger partial charge in [-0.1, -0.05) is 28.1 Å². The highest BCUT2D eigenvalue weighted by atomic mass is 79.9.